The fourth-order valence-electron chi connectivity index (χ4n) is 4.30. The molecule has 0 spiro atoms. The number of nitrogens with one attached hydrogen (secondary N) is 2. The van der Waals surface area contributed by atoms with Gasteiger partial charge in [0.15, 0.2) is 5.65 Å². The van der Waals surface area contributed by atoms with Crippen LogP contribution in [-0.2, 0) is 17.8 Å². The smallest absolute Gasteiger partial charge is 0.333 e. The molecule has 5 rings (SSSR count). The minimum absolute atomic E-state index is 0.0400. The number of carbonyl (C=O) groups excluding carboxylic acids is 1. The van der Waals surface area contributed by atoms with Gasteiger partial charge in [0.2, 0.25) is 0 Å². The molecule has 11 nitrogen and oxygen atoms in total. The maximum atomic E-state index is 13.0. The number of aryl methyl sites for hydroxylation is 1. The Kier molecular flexibility index (Phi) is 6.43. The van der Waals surface area contributed by atoms with Crippen molar-refractivity contribution in [3.63, 3.8) is 0 Å². The number of pyridine rings is 1. The summed E-state index contributed by atoms with van der Waals surface area (Å²) in [4.78, 5) is 62.1. The minimum atomic E-state index is -1.15. The Labute approximate surface area is 210 Å². The van der Waals surface area contributed by atoms with E-state index >= 15 is 0 Å². The van der Waals surface area contributed by atoms with Crippen molar-refractivity contribution < 1.29 is 14.7 Å². The van der Waals surface area contributed by atoms with E-state index in [2.05, 4.69) is 20.3 Å². The molecule has 0 unspecified atom stereocenters. The monoisotopic (exact) mass is 502 g/mol. The van der Waals surface area contributed by atoms with E-state index in [9.17, 15) is 24.3 Å². The van der Waals surface area contributed by atoms with Crippen LogP contribution in [0.1, 0.15) is 48.3 Å². The van der Waals surface area contributed by atoms with E-state index in [4.69, 9.17) is 0 Å². The van der Waals surface area contributed by atoms with Crippen molar-refractivity contribution in [2.45, 2.75) is 51.2 Å². The van der Waals surface area contributed by atoms with E-state index in [1.807, 2.05) is 13.0 Å². The van der Waals surface area contributed by atoms with Crippen LogP contribution in [0.4, 0.5) is 0 Å². The van der Waals surface area contributed by atoms with Crippen LogP contribution in [-0.4, -0.2) is 47.1 Å². The van der Waals surface area contributed by atoms with E-state index in [1.54, 1.807) is 30.3 Å². The Morgan fingerprint density at radius 1 is 1.16 bits per heavy atom. The zero-order chi connectivity index (χ0) is 26.1. The number of amides is 1. The predicted molar refractivity (Wildman–Crippen MR) is 135 cm³/mol. The summed E-state index contributed by atoms with van der Waals surface area (Å²) < 4.78 is 2.82. The molecule has 0 saturated heterocycles. The number of carboxylic acid groups (broad SMARTS) is 1. The molecule has 1 aliphatic carbocycles. The van der Waals surface area contributed by atoms with Crippen LogP contribution in [0.3, 0.4) is 0 Å². The third-order valence-electron chi connectivity index (χ3n) is 6.32. The van der Waals surface area contributed by atoms with Gasteiger partial charge in [-0.1, -0.05) is 37.3 Å². The summed E-state index contributed by atoms with van der Waals surface area (Å²) in [6, 6.07) is 10.9. The number of hydrogen-bond donors (Lipinski definition) is 3. The SMILES string of the molecule is CCCn1c(=O)n(C2CC2)c(=O)c2[nH]c(-c3ccc(C(=O)N[C@@H](Cc4ccccc4)C(=O)O)nc3)nc21. The lowest BCUT2D eigenvalue weighted by Gasteiger charge is -2.14. The first kappa shape index (κ1) is 24.2. The highest BCUT2D eigenvalue weighted by Crippen LogP contribution is 2.32. The first-order valence-corrected chi connectivity index (χ1v) is 12.2. The molecule has 3 N–H and O–H groups in total. The first-order chi connectivity index (χ1) is 17.9. The van der Waals surface area contributed by atoms with Gasteiger partial charge in [0.25, 0.3) is 11.5 Å². The van der Waals surface area contributed by atoms with Gasteiger partial charge in [-0.2, -0.15) is 0 Å². The lowest BCUT2D eigenvalue weighted by Crippen LogP contribution is -2.42. The lowest BCUT2D eigenvalue weighted by molar-refractivity contribution is -0.139. The summed E-state index contributed by atoms with van der Waals surface area (Å²) in [6.45, 7) is 2.37. The molecule has 1 aliphatic rings. The molecule has 3 heterocycles. The van der Waals surface area contributed by atoms with Gasteiger partial charge in [-0.3, -0.25) is 23.7 Å². The van der Waals surface area contributed by atoms with Gasteiger partial charge in [0.1, 0.15) is 23.1 Å². The molecule has 1 amide bonds. The molecule has 3 aromatic heterocycles. The number of imidazole rings is 1. The standard InChI is InChI=1S/C26H26N6O5/c1-2-12-31-22-20(24(34)32(26(31)37)17-9-10-17)29-21(30-22)16-8-11-18(27-14-16)23(33)28-19(25(35)36)13-15-6-4-3-5-7-15/h3-8,11,14,17,19H,2,9-10,12-13H2,1H3,(H,28,33)(H,29,30)(H,35,36)/t19-/m0/s1. The number of rotatable bonds is 9. The Morgan fingerprint density at radius 3 is 2.54 bits per heavy atom. The molecule has 0 bridgehead atoms. The minimum Gasteiger partial charge on any atom is -0.480 e. The maximum absolute atomic E-state index is 13.0. The van der Waals surface area contributed by atoms with Gasteiger partial charge < -0.3 is 15.4 Å². The van der Waals surface area contributed by atoms with Crippen LogP contribution >= 0.6 is 0 Å². The van der Waals surface area contributed by atoms with Crippen molar-refractivity contribution >= 4 is 23.0 Å². The third kappa shape index (κ3) is 4.80. The average Bonchev–Trinajstić information content (AvgIpc) is 3.63. The quantitative estimate of drug-likeness (QED) is 0.317. The van der Waals surface area contributed by atoms with Gasteiger partial charge >= 0.3 is 11.7 Å². The Balaban J connectivity index is 1.41. The van der Waals surface area contributed by atoms with E-state index in [0.29, 0.717) is 24.4 Å². The number of fused-ring (bicyclic) bond motifs is 1. The van der Waals surface area contributed by atoms with Gasteiger partial charge in [-0.15, -0.1) is 0 Å². The molecule has 0 radical (unpaired) electrons. The summed E-state index contributed by atoms with van der Waals surface area (Å²) in [6.07, 6.45) is 3.86. The van der Waals surface area contributed by atoms with Crippen molar-refractivity contribution in [2.75, 3.05) is 0 Å². The molecule has 1 aromatic carbocycles. The van der Waals surface area contributed by atoms with Gasteiger partial charge in [-0.25, -0.2) is 14.6 Å². The van der Waals surface area contributed by atoms with E-state index in [0.717, 1.165) is 18.4 Å². The Bertz CT molecular complexity index is 1580. The zero-order valence-electron chi connectivity index (χ0n) is 20.2. The van der Waals surface area contributed by atoms with Crippen molar-refractivity contribution in [3.05, 3.63) is 80.8 Å². The molecule has 37 heavy (non-hydrogen) atoms. The highest BCUT2D eigenvalue weighted by molar-refractivity contribution is 5.95. The molecule has 1 saturated carbocycles. The highest BCUT2D eigenvalue weighted by atomic mass is 16.4. The maximum Gasteiger partial charge on any atom is 0.333 e. The normalized spacial score (nSPS) is 14.0. The molecule has 0 aliphatic heterocycles. The number of carbonyl (C=O) groups is 2. The van der Waals surface area contributed by atoms with E-state index < -0.39 is 23.5 Å². The van der Waals surface area contributed by atoms with Gasteiger partial charge in [-0.05, 0) is 37.0 Å². The largest absolute Gasteiger partial charge is 0.480 e. The second-order valence-corrected chi connectivity index (χ2v) is 9.11. The number of aromatic nitrogens is 5. The van der Waals surface area contributed by atoms with Crippen LogP contribution in [0.15, 0.2) is 58.3 Å². The molecule has 11 heteroatoms. The number of H-pyrrole nitrogens is 1. The number of aromatic amines is 1. The summed E-state index contributed by atoms with van der Waals surface area (Å²) in [5.74, 6) is -1.42. The number of nitrogens with zero attached hydrogens (tertiary/aromatic N) is 4. The number of hydrogen-bond acceptors (Lipinski definition) is 6. The topological polar surface area (TPSA) is 152 Å². The van der Waals surface area contributed by atoms with Crippen molar-refractivity contribution in [1.29, 1.82) is 0 Å². The third-order valence-corrected chi connectivity index (χ3v) is 6.32. The summed E-state index contributed by atoms with van der Waals surface area (Å²) in [5.41, 5.74) is 1.13. The van der Waals surface area contributed by atoms with E-state index in [-0.39, 0.29) is 35.0 Å². The van der Waals surface area contributed by atoms with Gasteiger partial charge in [0, 0.05) is 30.8 Å². The van der Waals surface area contributed by atoms with Crippen LogP contribution in [0.2, 0.25) is 0 Å². The second-order valence-electron chi connectivity index (χ2n) is 9.11. The molecule has 190 valence electrons. The summed E-state index contributed by atoms with van der Waals surface area (Å²) >= 11 is 0. The van der Waals surface area contributed by atoms with Gasteiger partial charge in [0.05, 0.1) is 0 Å². The fraction of sp³-hybridized carbons (Fsp3) is 0.308. The van der Waals surface area contributed by atoms with Crippen LogP contribution in [0, 0.1) is 0 Å². The average molecular weight is 503 g/mol. The Hall–Kier alpha value is -4.54. The number of aliphatic carboxylic acids is 1. The van der Waals surface area contributed by atoms with Crippen LogP contribution in [0.5, 0.6) is 0 Å². The highest BCUT2D eigenvalue weighted by Gasteiger charge is 2.30. The molecular weight excluding hydrogens is 476 g/mol. The molecule has 1 fully saturated rings. The fourth-order valence-corrected chi connectivity index (χ4v) is 4.30. The zero-order valence-corrected chi connectivity index (χ0v) is 20.2. The second kappa shape index (κ2) is 9.84. The molecular formula is C26H26N6O5. The molecule has 1 atom stereocenters. The number of carboxylic acids is 1. The van der Waals surface area contributed by atoms with Crippen molar-refractivity contribution in [3.8, 4) is 11.4 Å². The van der Waals surface area contributed by atoms with E-state index in [1.165, 1.54) is 21.4 Å². The number of benzene rings is 1. The van der Waals surface area contributed by atoms with Crippen molar-refractivity contribution in [1.82, 2.24) is 29.4 Å². The molecule has 4 aromatic rings. The van der Waals surface area contributed by atoms with Crippen LogP contribution in [0.25, 0.3) is 22.6 Å². The lowest BCUT2D eigenvalue weighted by atomic mass is 10.1. The van der Waals surface area contributed by atoms with Crippen LogP contribution < -0.4 is 16.6 Å². The summed E-state index contributed by atoms with van der Waals surface area (Å²) in [7, 11) is 0. The first-order valence-electron chi connectivity index (χ1n) is 12.2. The summed E-state index contributed by atoms with van der Waals surface area (Å²) in [5, 5.41) is 12.1. The predicted octanol–water partition coefficient (Wildman–Crippen LogP) is 2.12. The Morgan fingerprint density at radius 2 is 1.92 bits per heavy atom. The van der Waals surface area contributed by atoms with Crippen molar-refractivity contribution in [2.24, 2.45) is 0 Å².